The molecule has 1 aliphatic rings. The van der Waals surface area contributed by atoms with Crippen LogP contribution in [0.15, 0.2) is 65.6 Å². The van der Waals surface area contributed by atoms with E-state index in [4.69, 9.17) is 0 Å². The van der Waals surface area contributed by atoms with Gasteiger partial charge in [-0.25, -0.2) is 0 Å². The lowest BCUT2D eigenvalue weighted by Gasteiger charge is -2.22. The van der Waals surface area contributed by atoms with E-state index in [0.29, 0.717) is 5.69 Å². The van der Waals surface area contributed by atoms with Crippen LogP contribution in [0.25, 0.3) is 0 Å². The fourth-order valence-electron chi connectivity index (χ4n) is 3.30. The number of hydrogen-bond acceptors (Lipinski definition) is 5. The highest BCUT2D eigenvalue weighted by Gasteiger charge is 2.33. The summed E-state index contributed by atoms with van der Waals surface area (Å²) in [7, 11) is -4.58. The first-order valence-electron chi connectivity index (χ1n) is 8.44. The van der Waals surface area contributed by atoms with Gasteiger partial charge in [0.25, 0.3) is 10.1 Å². The number of aryl methyl sites for hydroxylation is 1. The minimum Gasteiger partial charge on any atom is -0.355 e. The Morgan fingerprint density at radius 1 is 0.786 bits per heavy atom. The lowest BCUT2D eigenvalue weighted by molar-refractivity contribution is 0.0979. The van der Waals surface area contributed by atoms with Gasteiger partial charge in [-0.3, -0.25) is 14.1 Å². The number of nitrogens with one attached hydrogen (secondary N) is 1. The fourth-order valence-corrected chi connectivity index (χ4v) is 3.84. The van der Waals surface area contributed by atoms with Gasteiger partial charge in [-0.2, -0.15) is 8.42 Å². The Morgan fingerprint density at radius 3 is 2.04 bits per heavy atom. The van der Waals surface area contributed by atoms with Gasteiger partial charge in [-0.05, 0) is 30.7 Å². The number of ketones is 2. The van der Waals surface area contributed by atoms with Crippen molar-refractivity contribution < 1.29 is 22.6 Å². The minimum absolute atomic E-state index is 0.0603. The smallest absolute Gasteiger partial charge is 0.294 e. The van der Waals surface area contributed by atoms with Gasteiger partial charge in [0.05, 0.1) is 16.1 Å². The zero-order chi connectivity index (χ0) is 20.1. The molecular formula is C21H15NO5S. The first-order valence-corrected chi connectivity index (χ1v) is 9.88. The summed E-state index contributed by atoms with van der Waals surface area (Å²) in [5.41, 5.74) is 2.14. The standard InChI is InChI=1S/C21H15NO5S/c1-12-6-2-5-9-17(12)22-18-11-13(28(25,26)27)10-16-19(18)21(24)15-8-4-3-7-14(15)20(16)23/h2-11,22H,1H3,(H,25,26,27). The average molecular weight is 393 g/mol. The normalized spacial score (nSPS) is 13.1. The molecule has 0 spiro atoms. The van der Waals surface area contributed by atoms with Crippen molar-refractivity contribution in [3.05, 3.63) is 88.5 Å². The molecule has 0 fully saturated rings. The first kappa shape index (κ1) is 18.1. The van der Waals surface area contributed by atoms with Crippen molar-refractivity contribution in [2.24, 2.45) is 0 Å². The van der Waals surface area contributed by atoms with Gasteiger partial charge < -0.3 is 5.32 Å². The molecule has 3 aromatic rings. The van der Waals surface area contributed by atoms with Crippen LogP contribution >= 0.6 is 0 Å². The molecule has 7 heteroatoms. The van der Waals surface area contributed by atoms with E-state index in [1.54, 1.807) is 30.3 Å². The van der Waals surface area contributed by atoms with E-state index in [9.17, 15) is 22.6 Å². The molecular weight excluding hydrogens is 378 g/mol. The van der Waals surface area contributed by atoms with Crippen molar-refractivity contribution in [3.63, 3.8) is 0 Å². The number of para-hydroxylation sites is 1. The molecule has 0 heterocycles. The van der Waals surface area contributed by atoms with E-state index in [1.165, 1.54) is 12.1 Å². The molecule has 3 aromatic carbocycles. The summed E-state index contributed by atoms with van der Waals surface area (Å²) >= 11 is 0. The van der Waals surface area contributed by atoms with Crippen LogP contribution in [0.1, 0.15) is 37.4 Å². The predicted octanol–water partition coefficient (Wildman–Crippen LogP) is 3.76. The Labute approximate surface area is 161 Å². The van der Waals surface area contributed by atoms with Crippen LogP contribution in [0.2, 0.25) is 0 Å². The maximum Gasteiger partial charge on any atom is 0.294 e. The number of carbonyl (C=O) groups excluding carboxylic acids is 2. The minimum atomic E-state index is -4.58. The number of hydrogen-bond donors (Lipinski definition) is 2. The summed E-state index contributed by atoms with van der Waals surface area (Å²) in [5.74, 6) is -0.855. The van der Waals surface area contributed by atoms with Crippen LogP contribution in [0, 0.1) is 6.92 Å². The summed E-state index contributed by atoms with van der Waals surface area (Å²) in [6.45, 7) is 1.85. The molecule has 0 amide bonds. The molecule has 0 atom stereocenters. The second-order valence-electron chi connectivity index (χ2n) is 6.51. The fraction of sp³-hybridized carbons (Fsp3) is 0.0476. The van der Waals surface area contributed by atoms with E-state index in [-0.39, 0.29) is 33.7 Å². The Hall–Kier alpha value is -3.29. The van der Waals surface area contributed by atoms with Gasteiger partial charge in [0, 0.05) is 22.4 Å². The average Bonchev–Trinajstić information content (AvgIpc) is 2.66. The monoisotopic (exact) mass is 393 g/mol. The zero-order valence-electron chi connectivity index (χ0n) is 14.8. The number of carbonyl (C=O) groups is 2. The molecule has 0 unspecified atom stereocenters. The molecule has 1 aliphatic carbocycles. The molecule has 2 N–H and O–H groups in total. The van der Waals surface area contributed by atoms with E-state index >= 15 is 0 Å². The lowest BCUT2D eigenvalue weighted by Crippen LogP contribution is -2.23. The molecule has 0 aliphatic heterocycles. The number of fused-ring (bicyclic) bond motifs is 2. The molecule has 0 saturated carbocycles. The Kier molecular flexibility index (Phi) is 4.14. The van der Waals surface area contributed by atoms with Crippen molar-refractivity contribution in [2.75, 3.05) is 5.32 Å². The van der Waals surface area contributed by atoms with Crippen molar-refractivity contribution in [1.29, 1.82) is 0 Å². The van der Waals surface area contributed by atoms with Gasteiger partial charge in [0.15, 0.2) is 11.6 Å². The molecule has 4 rings (SSSR count). The molecule has 0 radical (unpaired) electrons. The van der Waals surface area contributed by atoms with Crippen molar-refractivity contribution in [2.45, 2.75) is 11.8 Å². The summed E-state index contributed by atoms with van der Waals surface area (Å²) in [6.07, 6.45) is 0. The molecule has 6 nitrogen and oxygen atoms in total. The summed E-state index contributed by atoms with van der Waals surface area (Å²) in [4.78, 5) is 25.6. The van der Waals surface area contributed by atoms with E-state index in [1.807, 2.05) is 19.1 Å². The SMILES string of the molecule is Cc1ccccc1Nc1cc(S(=O)(=O)O)cc2c1C(=O)c1ccccc1C2=O. The third kappa shape index (κ3) is 2.90. The quantitative estimate of drug-likeness (QED) is 0.514. The molecule has 0 bridgehead atoms. The number of anilines is 2. The van der Waals surface area contributed by atoms with Gasteiger partial charge in [-0.15, -0.1) is 0 Å². The Bertz CT molecular complexity index is 1260. The molecule has 0 aromatic heterocycles. The van der Waals surface area contributed by atoms with Crippen LogP contribution in [0.4, 0.5) is 11.4 Å². The Morgan fingerprint density at radius 2 is 1.39 bits per heavy atom. The summed E-state index contributed by atoms with van der Waals surface area (Å²) < 4.78 is 33.0. The maximum absolute atomic E-state index is 13.1. The van der Waals surface area contributed by atoms with Crippen LogP contribution in [-0.4, -0.2) is 24.5 Å². The van der Waals surface area contributed by atoms with Crippen molar-refractivity contribution >= 4 is 33.1 Å². The lowest BCUT2D eigenvalue weighted by atomic mass is 9.83. The molecule has 28 heavy (non-hydrogen) atoms. The number of rotatable bonds is 3. The van der Waals surface area contributed by atoms with Crippen LogP contribution in [0.3, 0.4) is 0 Å². The highest BCUT2D eigenvalue weighted by Crippen LogP contribution is 2.36. The first-order chi connectivity index (χ1) is 13.3. The summed E-state index contributed by atoms with van der Waals surface area (Å²) in [6, 6.07) is 15.8. The van der Waals surface area contributed by atoms with Gasteiger partial charge in [0.1, 0.15) is 0 Å². The second kappa shape index (κ2) is 6.40. The van der Waals surface area contributed by atoms with Gasteiger partial charge >= 0.3 is 0 Å². The zero-order valence-corrected chi connectivity index (χ0v) is 15.6. The van der Waals surface area contributed by atoms with Crippen molar-refractivity contribution in [1.82, 2.24) is 0 Å². The third-order valence-electron chi connectivity index (χ3n) is 4.71. The van der Waals surface area contributed by atoms with Crippen LogP contribution < -0.4 is 5.32 Å². The van der Waals surface area contributed by atoms with Crippen molar-refractivity contribution in [3.8, 4) is 0 Å². The highest BCUT2D eigenvalue weighted by atomic mass is 32.2. The van der Waals surface area contributed by atoms with Crippen LogP contribution in [-0.2, 0) is 10.1 Å². The molecule has 140 valence electrons. The maximum atomic E-state index is 13.1. The highest BCUT2D eigenvalue weighted by molar-refractivity contribution is 7.85. The predicted molar refractivity (Wildman–Crippen MR) is 104 cm³/mol. The Balaban J connectivity index is 1.99. The topological polar surface area (TPSA) is 101 Å². The molecule has 0 saturated heterocycles. The van der Waals surface area contributed by atoms with E-state index in [0.717, 1.165) is 11.6 Å². The van der Waals surface area contributed by atoms with E-state index < -0.39 is 20.8 Å². The largest absolute Gasteiger partial charge is 0.355 e. The van der Waals surface area contributed by atoms with Gasteiger partial charge in [-0.1, -0.05) is 42.5 Å². The second-order valence-corrected chi connectivity index (χ2v) is 7.93. The van der Waals surface area contributed by atoms with Crippen LogP contribution in [0.5, 0.6) is 0 Å². The third-order valence-corrected chi connectivity index (χ3v) is 5.54. The van der Waals surface area contributed by atoms with Gasteiger partial charge in [0.2, 0.25) is 0 Å². The van der Waals surface area contributed by atoms with E-state index in [2.05, 4.69) is 5.32 Å². The number of benzene rings is 3. The summed E-state index contributed by atoms with van der Waals surface area (Å²) in [5, 5.41) is 3.05.